The number of rotatable bonds is 4. The number of hydrogen-bond donors (Lipinski definition) is 3. The third-order valence-corrected chi connectivity index (χ3v) is 3.87. The molecule has 0 saturated heterocycles. The number of ether oxygens (including phenoxy) is 1. The van der Waals surface area contributed by atoms with E-state index in [9.17, 15) is 4.79 Å². The first-order chi connectivity index (χ1) is 9.63. The molecule has 20 heavy (non-hydrogen) atoms. The van der Waals surface area contributed by atoms with Crippen molar-refractivity contribution in [3.63, 3.8) is 0 Å². The minimum Gasteiger partial charge on any atom is -0.493 e. The Morgan fingerprint density at radius 2 is 2.40 bits per heavy atom. The maximum absolute atomic E-state index is 12.3. The minimum atomic E-state index is -0.239. The van der Waals surface area contributed by atoms with Crippen LogP contribution in [0.1, 0.15) is 17.3 Å². The van der Waals surface area contributed by atoms with Gasteiger partial charge in [-0.25, -0.2) is 0 Å². The van der Waals surface area contributed by atoms with Crippen LogP contribution in [0.25, 0.3) is 0 Å². The number of carbonyl (C=O) groups is 1. The maximum Gasteiger partial charge on any atom is 0.260 e. The third kappa shape index (κ3) is 3.43. The fourth-order valence-electron chi connectivity index (χ4n) is 1.76. The van der Waals surface area contributed by atoms with Gasteiger partial charge >= 0.3 is 0 Å². The van der Waals surface area contributed by atoms with Gasteiger partial charge in [0, 0.05) is 11.8 Å². The third-order valence-electron chi connectivity index (χ3n) is 2.75. The van der Waals surface area contributed by atoms with Gasteiger partial charge in [-0.15, -0.1) is 0 Å². The zero-order valence-corrected chi connectivity index (χ0v) is 12.3. The van der Waals surface area contributed by atoms with Gasteiger partial charge in [-0.3, -0.25) is 9.79 Å². The topological polar surface area (TPSA) is 88.7 Å². The van der Waals surface area contributed by atoms with Crippen LogP contribution >= 0.6 is 11.8 Å². The first-order valence-electron chi connectivity index (χ1n) is 6.36. The van der Waals surface area contributed by atoms with Gasteiger partial charge in [0.05, 0.1) is 24.1 Å². The zero-order chi connectivity index (χ0) is 14.5. The summed E-state index contributed by atoms with van der Waals surface area (Å²) in [7, 11) is 1.87. The normalized spacial score (nSPS) is 17.7. The van der Waals surface area contributed by atoms with Gasteiger partial charge < -0.3 is 21.1 Å². The molecule has 0 saturated carbocycles. The molecule has 0 bridgehead atoms. The van der Waals surface area contributed by atoms with Crippen LogP contribution in [-0.4, -0.2) is 36.6 Å². The molecule has 108 valence electrons. The molecule has 0 radical (unpaired) electrons. The van der Waals surface area contributed by atoms with Crippen molar-refractivity contribution in [2.24, 2.45) is 4.99 Å². The van der Waals surface area contributed by atoms with Gasteiger partial charge in [0.25, 0.3) is 5.91 Å². The summed E-state index contributed by atoms with van der Waals surface area (Å²) in [4.78, 5) is 16.5. The fourth-order valence-corrected chi connectivity index (χ4v) is 2.60. The van der Waals surface area contributed by atoms with Crippen LogP contribution < -0.4 is 21.1 Å². The van der Waals surface area contributed by atoms with Crippen LogP contribution in [0.5, 0.6) is 5.75 Å². The van der Waals surface area contributed by atoms with Crippen molar-refractivity contribution in [1.29, 1.82) is 0 Å². The van der Waals surface area contributed by atoms with Gasteiger partial charge in [-0.1, -0.05) is 11.8 Å². The molecule has 1 atom stereocenters. The second-order valence-electron chi connectivity index (χ2n) is 4.18. The van der Waals surface area contributed by atoms with Crippen molar-refractivity contribution < 1.29 is 9.53 Å². The summed E-state index contributed by atoms with van der Waals surface area (Å²) < 4.78 is 5.45. The molecule has 7 heteroatoms. The largest absolute Gasteiger partial charge is 0.493 e. The first kappa shape index (κ1) is 14.7. The summed E-state index contributed by atoms with van der Waals surface area (Å²) in [5.74, 6) is 0.246. The van der Waals surface area contributed by atoms with E-state index in [2.05, 4.69) is 15.6 Å². The zero-order valence-electron chi connectivity index (χ0n) is 11.5. The van der Waals surface area contributed by atoms with Crippen LogP contribution in [0.4, 0.5) is 5.69 Å². The van der Waals surface area contributed by atoms with Gasteiger partial charge in [0.2, 0.25) is 0 Å². The molecule has 0 fully saturated rings. The molecule has 6 nitrogen and oxygen atoms in total. The Bertz CT molecular complexity index is 533. The van der Waals surface area contributed by atoms with Gasteiger partial charge in [0.1, 0.15) is 5.75 Å². The van der Waals surface area contributed by atoms with Crippen LogP contribution in [0, 0.1) is 0 Å². The van der Waals surface area contributed by atoms with E-state index >= 15 is 0 Å². The quantitative estimate of drug-likeness (QED) is 0.722. The minimum absolute atomic E-state index is 0.211. The second kappa shape index (κ2) is 6.62. The van der Waals surface area contributed by atoms with Crippen molar-refractivity contribution in [2.75, 3.05) is 25.9 Å². The second-order valence-corrected chi connectivity index (χ2v) is 5.38. The number of aliphatic imine (C=N–C) groups is 1. The molecule has 0 aliphatic carbocycles. The van der Waals surface area contributed by atoms with Crippen molar-refractivity contribution in [2.45, 2.75) is 12.3 Å². The van der Waals surface area contributed by atoms with Gasteiger partial charge in [-0.2, -0.15) is 0 Å². The van der Waals surface area contributed by atoms with E-state index in [1.807, 2.05) is 14.0 Å². The highest BCUT2D eigenvalue weighted by Crippen LogP contribution is 2.23. The Morgan fingerprint density at radius 3 is 3.05 bits per heavy atom. The average molecular weight is 294 g/mol. The molecule has 0 spiro atoms. The molecule has 1 heterocycles. The fraction of sp³-hybridized carbons (Fsp3) is 0.385. The van der Waals surface area contributed by atoms with Crippen molar-refractivity contribution in [3.05, 3.63) is 23.8 Å². The summed E-state index contributed by atoms with van der Waals surface area (Å²) in [5, 5.41) is 6.72. The lowest BCUT2D eigenvalue weighted by atomic mass is 10.1. The maximum atomic E-state index is 12.3. The number of nitrogens with zero attached hydrogens (tertiary/aromatic N) is 1. The number of carbonyl (C=O) groups excluding carboxylic acids is 1. The van der Waals surface area contributed by atoms with Crippen LogP contribution in [-0.2, 0) is 0 Å². The number of nitrogens with two attached hydrogens (primary N) is 1. The SMILES string of the molecule is CCOc1cc(N)ccc1C(=O)NC1=NCC(NC)S1. The first-order valence-corrected chi connectivity index (χ1v) is 7.24. The molecular weight excluding hydrogens is 276 g/mol. The summed E-state index contributed by atoms with van der Waals surface area (Å²) >= 11 is 1.50. The summed E-state index contributed by atoms with van der Waals surface area (Å²) in [5.41, 5.74) is 6.73. The molecular formula is C13H18N4O2S. The number of hydrogen-bond acceptors (Lipinski definition) is 6. The molecule has 1 aliphatic heterocycles. The van der Waals surface area contributed by atoms with E-state index in [-0.39, 0.29) is 11.3 Å². The van der Waals surface area contributed by atoms with E-state index in [0.717, 1.165) is 0 Å². The number of amides is 1. The molecule has 1 aliphatic rings. The number of nitrogen functional groups attached to an aromatic ring is 1. The number of anilines is 1. The van der Waals surface area contributed by atoms with E-state index < -0.39 is 0 Å². The molecule has 0 aromatic heterocycles. The highest BCUT2D eigenvalue weighted by Gasteiger charge is 2.21. The molecule has 1 amide bonds. The molecule has 1 aromatic carbocycles. The van der Waals surface area contributed by atoms with Crippen molar-refractivity contribution in [3.8, 4) is 5.75 Å². The van der Waals surface area contributed by atoms with Gasteiger partial charge in [-0.05, 0) is 26.1 Å². The van der Waals surface area contributed by atoms with E-state index in [0.29, 0.717) is 35.3 Å². The predicted octanol–water partition coefficient (Wildman–Crippen LogP) is 1.05. The Hall–Kier alpha value is -1.73. The number of nitrogens with one attached hydrogen (secondary N) is 2. The number of amidine groups is 1. The lowest BCUT2D eigenvalue weighted by Gasteiger charge is -2.11. The van der Waals surface area contributed by atoms with Gasteiger partial charge in [0.15, 0.2) is 5.17 Å². The Balaban J connectivity index is 2.09. The smallest absolute Gasteiger partial charge is 0.260 e. The Morgan fingerprint density at radius 1 is 1.60 bits per heavy atom. The lowest BCUT2D eigenvalue weighted by Crippen LogP contribution is -2.29. The molecule has 4 N–H and O–H groups in total. The van der Waals surface area contributed by atoms with E-state index in [1.54, 1.807) is 18.2 Å². The number of thioether (sulfide) groups is 1. The van der Waals surface area contributed by atoms with Crippen molar-refractivity contribution in [1.82, 2.24) is 10.6 Å². The number of benzene rings is 1. The van der Waals surface area contributed by atoms with Crippen LogP contribution in [0.2, 0.25) is 0 Å². The predicted molar refractivity (Wildman–Crippen MR) is 82.2 cm³/mol. The summed E-state index contributed by atoms with van der Waals surface area (Å²) in [6, 6.07) is 4.99. The van der Waals surface area contributed by atoms with E-state index in [4.69, 9.17) is 10.5 Å². The highest BCUT2D eigenvalue weighted by molar-refractivity contribution is 8.14. The summed E-state index contributed by atoms with van der Waals surface area (Å²) in [6.45, 7) is 2.98. The van der Waals surface area contributed by atoms with E-state index in [1.165, 1.54) is 11.8 Å². The van der Waals surface area contributed by atoms with Crippen LogP contribution in [0.15, 0.2) is 23.2 Å². The Kier molecular flexibility index (Phi) is 4.86. The molecule has 1 aromatic rings. The van der Waals surface area contributed by atoms with Crippen molar-refractivity contribution >= 4 is 28.5 Å². The monoisotopic (exact) mass is 294 g/mol. The highest BCUT2D eigenvalue weighted by atomic mass is 32.2. The average Bonchev–Trinajstić information content (AvgIpc) is 2.87. The molecule has 1 unspecified atom stereocenters. The Labute approximate surface area is 122 Å². The van der Waals surface area contributed by atoms with Crippen LogP contribution in [0.3, 0.4) is 0 Å². The standard InChI is InChI=1S/C13H18N4O2S/c1-3-19-10-6-8(14)4-5-9(10)12(18)17-13-16-7-11(15-2)20-13/h4-6,11,15H,3,7,14H2,1-2H3,(H,16,17,18). The molecule has 2 rings (SSSR count). The lowest BCUT2D eigenvalue weighted by molar-refractivity contribution is 0.0974. The summed E-state index contributed by atoms with van der Waals surface area (Å²) in [6.07, 6.45) is 0. The number of likely N-dealkylation sites (N-methyl/N-ethyl adjacent to an activating group) is 1.